The number of rotatable bonds is 1. The van der Waals surface area contributed by atoms with E-state index in [1.54, 1.807) is 42.5 Å². The second-order valence-electron chi connectivity index (χ2n) is 7.74. The maximum Gasteiger partial charge on any atom is 0.198 e. The molecule has 164 valence electrons. The molecule has 6 rings (SSSR count). The number of phenolic OH excluding ortho intramolecular Hbond substituents is 1. The lowest BCUT2D eigenvalue weighted by Gasteiger charge is -2.17. The second-order valence-corrected chi connectivity index (χ2v) is 7.74. The molecule has 0 radical (unpaired) electrons. The Hall–Kier alpha value is -4.77. The molecule has 1 aliphatic carbocycles. The first-order valence-corrected chi connectivity index (χ1v) is 10.6. The number of phenols is 1. The fourth-order valence-corrected chi connectivity index (χ4v) is 3.98. The average molecular weight is 446 g/mol. The zero-order valence-electron chi connectivity index (χ0n) is 17.9. The van der Waals surface area contributed by atoms with Crippen molar-refractivity contribution in [3.8, 4) is 17.1 Å². The molecular weight excluding hydrogens is 428 g/mol. The van der Waals surface area contributed by atoms with Crippen LogP contribution in [0.1, 0.15) is 31.8 Å². The van der Waals surface area contributed by atoms with Crippen molar-refractivity contribution in [1.82, 2.24) is 0 Å². The number of fused-ring (bicyclic) bond motifs is 3. The lowest BCUT2D eigenvalue weighted by molar-refractivity contribution is 0.0976. The fraction of sp³-hybridized carbons (Fsp3) is 0. The standard InChI is InChI=1S/C15H10O2.C14H8O3/c16-13-10-15(11-6-2-1-3-7-11)17-14-9-5-4-8-12(13)14;15-11-7-3-6-10-12(11)14(17)9-5-2-1-4-8(9)13(10)16/h1-10H;1-7,15H. The molecule has 0 amide bonds. The Bertz CT molecular complexity index is 1610. The minimum atomic E-state index is -0.298. The van der Waals surface area contributed by atoms with Gasteiger partial charge in [0.15, 0.2) is 17.0 Å². The van der Waals surface area contributed by atoms with Gasteiger partial charge in [-0.05, 0) is 18.2 Å². The largest absolute Gasteiger partial charge is 0.507 e. The summed E-state index contributed by atoms with van der Waals surface area (Å²) < 4.78 is 5.73. The van der Waals surface area contributed by atoms with Crippen molar-refractivity contribution in [1.29, 1.82) is 0 Å². The monoisotopic (exact) mass is 446 g/mol. The third kappa shape index (κ3) is 3.69. The van der Waals surface area contributed by atoms with E-state index in [9.17, 15) is 19.5 Å². The van der Waals surface area contributed by atoms with Crippen LogP contribution in [0.3, 0.4) is 0 Å². The van der Waals surface area contributed by atoms with Crippen molar-refractivity contribution in [2.45, 2.75) is 0 Å². The van der Waals surface area contributed by atoms with Crippen molar-refractivity contribution in [2.75, 3.05) is 0 Å². The number of ketones is 2. The molecular formula is C29H18O5. The number of hydrogen-bond acceptors (Lipinski definition) is 5. The molecule has 5 heteroatoms. The highest BCUT2D eigenvalue weighted by Crippen LogP contribution is 2.32. The first-order valence-electron chi connectivity index (χ1n) is 10.6. The van der Waals surface area contributed by atoms with E-state index in [-0.39, 0.29) is 33.9 Å². The maximum atomic E-state index is 12.2. The number of aromatic hydroxyl groups is 1. The number of hydrogen-bond donors (Lipinski definition) is 1. The van der Waals surface area contributed by atoms with Gasteiger partial charge in [-0.25, -0.2) is 0 Å². The number of para-hydroxylation sites is 1. The van der Waals surface area contributed by atoms with E-state index >= 15 is 0 Å². The molecule has 0 aliphatic heterocycles. The van der Waals surface area contributed by atoms with E-state index in [1.165, 1.54) is 12.1 Å². The van der Waals surface area contributed by atoms with E-state index in [1.807, 2.05) is 48.5 Å². The van der Waals surface area contributed by atoms with Crippen LogP contribution in [0.4, 0.5) is 0 Å². The summed E-state index contributed by atoms with van der Waals surface area (Å²) in [6.45, 7) is 0. The van der Waals surface area contributed by atoms with E-state index in [0.29, 0.717) is 27.9 Å². The summed E-state index contributed by atoms with van der Waals surface area (Å²) in [6, 6.07) is 29.6. The molecule has 0 saturated heterocycles. The molecule has 0 spiro atoms. The van der Waals surface area contributed by atoms with Crippen LogP contribution < -0.4 is 5.43 Å². The first kappa shape index (κ1) is 21.1. The molecule has 5 aromatic rings. The quantitative estimate of drug-likeness (QED) is 0.354. The van der Waals surface area contributed by atoms with Gasteiger partial charge >= 0.3 is 0 Å². The summed E-state index contributed by atoms with van der Waals surface area (Å²) in [6.07, 6.45) is 0. The van der Waals surface area contributed by atoms with Crippen LogP contribution in [0.2, 0.25) is 0 Å². The highest BCUT2D eigenvalue weighted by molar-refractivity contribution is 6.29. The molecule has 1 N–H and O–H groups in total. The highest BCUT2D eigenvalue weighted by Gasteiger charge is 2.31. The van der Waals surface area contributed by atoms with Gasteiger partial charge in [0.1, 0.15) is 17.1 Å². The van der Waals surface area contributed by atoms with Gasteiger partial charge in [-0.1, -0.05) is 78.9 Å². The highest BCUT2D eigenvalue weighted by atomic mass is 16.3. The number of carbonyl (C=O) groups is 2. The molecule has 5 nitrogen and oxygen atoms in total. The smallest absolute Gasteiger partial charge is 0.198 e. The third-order valence-corrected chi connectivity index (χ3v) is 5.62. The molecule has 1 heterocycles. The summed E-state index contributed by atoms with van der Waals surface area (Å²) in [7, 11) is 0. The molecule has 34 heavy (non-hydrogen) atoms. The second kappa shape index (κ2) is 8.64. The molecule has 1 aliphatic rings. The zero-order valence-corrected chi connectivity index (χ0v) is 17.9. The van der Waals surface area contributed by atoms with Gasteiger partial charge < -0.3 is 9.52 Å². The van der Waals surface area contributed by atoms with Crippen molar-refractivity contribution in [3.63, 3.8) is 0 Å². The maximum absolute atomic E-state index is 12.2. The van der Waals surface area contributed by atoms with Crippen molar-refractivity contribution >= 4 is 22.5 Å². The summed E-state index contributed by atoms with van der Waals surface area (Å²) in [5.74, 6) is -0.0518. The van der Waals surface area contributed by atoms with Gasteiger partial charge in [0.25, 0.3) is 0 Å². The molecule has 4 aromatic carbocycles. The molecule has 0 fully saturated rings. The van der Waals surface area contributed by atoms with Crippen LogP contribution in [-0.4, -0.2) is 16.7 Å². The zero-order chi connectivity index (χ0) is 23.7. The third-order valence-electron chi connectivity index (χ3n) is 5.62. The summed E-state index contributed by atoms with van der Waals surface area (Å²) in [5.41, 5.74) is 2.66. The van der Waals surface area contributed by atoms with E-state index in [4.69, 9.17) is 4.42 Å². The number of carbonyl (C=O) groups excluding carboxylic acids is 2. The predicted octanol–water partition coefficient (Wildman–Crippen LogP) is 5.63. The van der Waals surface area contributed by atoms with Crippen LogP contribution in [0.25, 0.3) is 22.3 Å². The van der Waals surface area contributed by atoms with Gasteiger partial charge in [0, 0.05) is 28.3 Å². The van der Waals surface area contributed by atoms with Crippen molar-refractivity contribution in [2.24, 2.45) is 0 Å². The van der Waals surface area contributed by atoms with Crippen molar-refractivity contribution in [3.05, 3.63) is 136 Å². The fourth-order valence-electron chi connectivity index (χ4n) is 3.98. The molecule has 0 atom stereocenters. The Labute approximate surface area is 194 Å². The molecule has 0 bridgehead atoms. The lowest BCUT2D eigenvalue weighted by atomic mass is 9.84. The van der Waals surface area contributed by atoms with Crippen LogP contribution in [-0.2, 0) is 0 Å². The Morgan fingerprint density at radius 2 is 1.21 bits per heavy atom. The van der Waals surface area contributed by atoms with Crippen LogP contribution in [0.5, 0.6) is 5.75 Å². The van der Waals surface area contributed by atoms with E-state index in [0.717, 1.165) is 5.56 Å². The van der Waals surface area contributed by atoms with Gasteiger partial charge in [-0.3, -0.25) is 14.4 Å². The normalized spacial score (nSPS) is 11.9. The summed E-state index contributed by atoms with van der Waals surface area (Å²) >= 11 is 0. The Kier molecular flexibility index (Phi) is 5.36. The Morgan fingerprint density at radius 3 is 1.97 bits per heavy atom. The lowest BCUT2D eigenvalue weighted by Crippen LogP contribution is -2.20. The van der Waals surface area contributed by atoms with Crippen LogP contribution in [0.15, 0.2) is 112 Å². The summed E-state index contributed by atoms with van der Waals surface area (Å²) in [4.78, 5) is 36.2. The minimum Gasteiger partial charge on any atom is -0.507 e. The topological polar surface area (TPSA) is 84.6 Å². The molecule has 0 unspecified atom stereocenters. The van der Waals surface area contributed by atoms with Crippen molar-refractivity contribution < 1.29 is 19.1 Å². The van der Waals surface area contributed by atoms with E-state index < -0.39 is 0 Å². The minimum absolute atomic E-state index is 0.00861. The summed E-state index contributed by atoms with van der Waals surface area (Å²) in [5, 5.41) is 10.3. The van der Waals surface area contributed by atoms with Crippen LogP contribution >= 0.6 is 0 Å². The van der Waals surface area contributed by atoms with Gasteiger partial charge in [-0.2, -0.15) is 0 Å². The van der Waals surface area contributed by atoms with Gasteiger partial charge in [-0.15, -0.1) is 0 Å². The average Bonchev–Trinajstić information content (AvgIpc) is 2.88. The SMILES string of the molecule is O=C1c2ccccc2C(=O)c2c(O)cccc21.O=c1cc(-c2ccccc2)oc2ccccc12. The van der Waals surface area contributed by atoms with Gasteiger partial charge in [0.05, 0.1) is 10.9 Å². The number of benzene rings is 4. The Morgan fingerprint density at radius 1 is 0.588 bits per heavy atom. The van der Waals surface area contributed by atoms with Crippen LogP contribution in [0, 0.1) is 0 Å². The molecule has 1 aromatic heterocycles. The first-order chi connectivity index (χ1) is 16.5. The molecule has 0 saturated carbocycles. The predicted molar refractivity (Wildman–Crippen MR) is 129 cm³/mol. The van der Waals surface area contributed by atoms with E-state index in [2.05, 4.69) is 0 Å². The Balaban J connectivity index is 0.000000142. The van der Waals surface area contributed by atoms with Gasteiger partial charge in [0.2, 0.25) is 0 Å².